The van der Waals surface area contributed by atoms with Crippen LogP contribution in [-0.4, -0.2) is 96.7 Å². The molecule has 0 aromatic carbocycles. The van der Waals surface area contributed by atoms with Gasteiger partial charge < -0.3 is 33.8 Å². The first kappa shape index (κ1) is 87.1. The summed E-state index contributed by atoms with van der Waals surface area (Å²) >= 11 is 0. The number of hydrogen-bond donors (Lipinski definition) is 3. The summed E-state index contributed by atoms with van der Waals surface area (Å²) in [5.41, 5.74) is 0. The Morgan fingerprint density at radius 3 is 0.798 bits per heavy atom. The Bertz CT molecular complexity index is 1720. The van der Waals surface area contributed by atoms with Crippen LogP contribution in [0.2, 0.25) is 0 Å². The highest BCUT2D eigenvalue weighted by molar-refractivity contribution is 7.47. The Balaban J connectivity index is 5.14. The number of phosphoric acid groups is 2. The Morgan fingerprint density at radius 1 is 0.315 bits per heavy atom. The van der Waals surface area contributed by atoms with Crippen molar-refractivity contribution in [1.29, 1.82) is 0 Å². The lowest BCUT2D eigenvalue weighted by Gasteiger charge is -2.21. The normalized spacial score (nSPS) is 14.4. The first-order chi connectivity index (χ1) is 43.1. The number of carbonyl (C=O) groups excluding carboxylic acids is 4. The number of phosphoric ester groups is 2. The summed E-state index contributed by atoms with van der Waals surface area (Å²) in [4.78, 5) is 72.2. The summed E-state index contributed by atoms with van der Waals surface area (Å²) in [6.45, 7) is 7.18. The molecular formula is C70H136O17P2. The number of hydrogen-bond acceptors (Lipinski definition) is 15. The van der Waals surface area contributed by atoms with Crippen molar-refractivity contribution in [2.75, 3.05) is 39.6 Å². The molecule has 6 atom stereocenters. The summed E-state index contributed by atoms with van der Waals surface area (Å²) < 4.78 is 68.1. The third kappa shape index (κ3) is 63.2. The summed E-state index contributed by atoms with van der Waals surface area (Å²) in [5, 5.41) is 10.6. The van der Waals surface area contributed by atoms with Gasteiger partial charge in [-0.1, -0.05) is 311 Å². The van der Waals surface area contributed by atoms with E-state index in [-0.39, 0.29) is 25.7 Å². The van der Waals surface area contributed by atoms with Crippen LogP contribution in [0.25, 0.3) is 0 Å². The molecule has 0 aliphatic rings. The van der Waals surface area contributed by atoms with Gasteiger partial charge in [-0.05, 0) is 31.6 Å². The molecule has 0 amide bonds. The molecule has 0 aliphatic heterocycles. The first-order valence-corrected chi connectivity index (χ1v) is 39.7. The maximum atomic E-state index is 13.0. The maximum Gasteiger partial charge on any atom is 0.472 e. The van der Waals surface area contributed by atoms with E-state index in [0.717, 1.165) is 102 Å². The van der Waals surface area contributed by atoms with Crippen LogP contribution >= 0.6 is 15.6 Å². The SMILES string of the molecule is CCCCCCCCCCCCCCCCCCCCCC(=O)O[C@H](COC(=O)CCCCCCCCCCCCC(C)CC)COP(=O)(O)OC[C@@H](O)COP(=O)(O)OC[C@@H](COC(=O)CCCCCCC)OC(=O)CCCCCCCCCCCCC. The minimum Gasteiger partial charge on any atom is -0.462 e. The lowest BCUT2D eigenvalue weighted by atomic mass is 9.99. The number of unbranched alkanes of at least 4 members (excludes halogenated alkanes) is 41. The molecule has 0 radical (unpaired) electrons. The second-order valence-electron chi connectivity index (χ2n) is 25.5. The average Bonchev–Trinajstić information content (AvgIpc) is 3.60. The van der Waals surface area contributed by atoms with Gasteiger partial charge in [-0.15, -0.1) is 0 Å². The van der Waals surface area contributed by atoms with Crippen molar-refractivity contribution in [3.05, 3.63) is 0 Å². The molecule has 0 bridgehead atoms. The van der Waals surface area contributed by atoms with Crippen LogP contribution in [0.1, 0.15) is 362 Å². The molecule has 0 aromatic heterocycles. The zero-order chi connectivity index (χ0) is 65.6. The molecule has 89 heavy (non-hydrogen) atoms. The van der Waals surface area contributed by atoms with E-state index in [9.17, 15) is 43.2 Å². The fraction of sp³-hybridized carbons (Fsp3) is 0.943. The highest BCUT2D eigenvalue weighted by Crippen LogP contribution is 2.45. The lowest BCUT2D eigenvalue weighted by Crippen LogP contribution is -2.30. The second kappa shape index (κ2) is 63.5. The topological polar surface area (TPSA) is 237 Å². The zero-order valence-electron chi connectivity index (χ0n) is 57.6. The fourth-order valence-corrected chi connectivity index (χ4v) is 12.2. The molecular weight excluding hydrogens is 1170 g/mol. The highest BCUT2D eigenvalue weighted by atomic mass is 31.2. The van der Waals surface area contributed by atoms with E-state index in [2.05, 4.69) is 34.6 Å². The molecule has 0 heterocycles. The van der Waals surface area contributed by atoms with Crippen molar-refractivity contribution < 1.29 is 80.2 Å². The monoisotopic (exact) mass is 1310 g/mol. The van der Waals surface area contributed by atoms with Gasteiger partial charge in [0.25, 0.3) is 0 Å². The minimum atomic E-state index is -4.95. The number of aliphatic hydroxyl groups excluding tert-OH is 1. The number of rotatable bonds is 70. The van der Waals surface area contributed by atoms with E-state index in [1.807, 2.05) is 0 Å². The second-order valence-corrected chi connectivity index (χ2v) is 28.4. The van der Waals surface area contributed by atoms with Crippen LogP contribution in [-0.2, 0) is 65.4 Å². The molecule has 3 N–H and O–H groups in total. The summed E-state index contributed by atoms with van der Waals surface area (Å²) in [6, 6.07) is 0. The van der Waals surface area contributed by atoms with Gasteiger partial charge in [0.05, 0.1) is 26.4 Å². The van der Waals surface area contributed by atoms with Gasteiger partial charge in [-0.25, -0.2) is 9.13 Å². The number of aliphatic hydroxyl groups is 1. The van der Waals surface area contributed by atoms with E-state index in [0.29, 0.717) is 25.7 Å². The summed E-state index contributed by atoms with van der Waals surface area (Å²) in [5.74, 6) is -1.32. The first-order valence-electron chi connectivity index (χ1n) is 36.7. The number of ether oxygens (including phenoxy) is 4. The molecule has 0 aliphatic carbocycles. The van der Waals surface area contributed by atoms with E-state index < -0.39 is 97.5 Å². The predicted octanol–water partition coefficient (Wildman–Crippen LogP) is 20.1. The van der Waals surface area contributed by atoms with E-state index >= 15 is 0 Å². The Labute approximate surface area is 543 Å². The molecule has 0 fully saturated rings. The van der Waals surface area contributed by atoms with Crippen molar-refractivity contribution in [2.24, 2.45) is 5.92 Å². The Kier molecular flexibility index (Phi) is 62.1. The average molecular weight is 1310 g/mol. The fourth-order valence-electron chi connectivity index (χ4n) is 10.6. The third-order valence-corrected chi connectivity index (χ3v) is 18.5. The van der Waals surface area contributed by atoms with E-state index in [1.54, 1.807) is 0 Å². The quantitative estimate of drug-likeness (QED) is 0.0222. The zero-order valence-corrected chi connectivity index (χ0v) is 59.4. The van der Waals surface area contributed by atoms with Gasteiger partial charge in [-0.2, -0.15) is 0 Å². The van der Waals surface area contributed by atoms with Crippen LogP contribution in [0.5, 0.6) is 0 Å². The van der Waals surface area contributed by atoms with Gasteiger partial charge in [0.2, 0.25) is 0 Å². The predicted molar refractivity (Wildman–Crippen MR) is 358 cm³/mol. The lowest BCUT2D eigenvalue weighted by molar-refractivity contribution is -0.161. The van der Waals surface area contributed by atoms with Crippen molar-refractivity contribution in [3.63, 3.8) is 0 Å². The Morgan fingerprint density at radius 2 is 0.539 bits per heavy atom. The summed E-state index contributed by atoms with van der Waals surface area (Å²) in [7, 11) is -9.89. The third-order valence-electron chi connectivity index (χ3n) is 16.6. The van der Waals surface area contributed by atoms with Gasteiger partial charge in [-0.3, -0.25) is 37.3 Å². The minimum absolute atomic E-state index is 0.106. The molecule has 528 valence electrons. The molecule has 0 rings (SSSR count). The molecule has 3 unspecified atom stereocenters. The van der Waals surface area contributed by atoms with Crippen LogP contribution in [0, 0.1) is 5.92 Å². The van der Waals surface area contributed by atoms with Gasteiger partial charge >= 0.3 is 39.5 Å². The summed E-state index contributed by atoms with van der Waals surface area (Å²) in [6.07, 6.45) is 50.3. The van der Waals surface area contributed by atoms with Crippen molar-refractivity contribution in [3.8, 4) is 0 Å². The van der Waals surface area contributed by atoms with Crippen molar-refractivity contribution in [1.82, 2.24) is 0 Å². The standard InChI is InChI=1S/C70H136O17P2/c1-6-10-13-16-18-20-22-23-24-25-26-27-28-29-31-37-41-46-51-56-70(75)87-66(60-81-68(73)54-49-44-39-35-33-32-34-38-43-47-52-63(5)9-4)62-85-89(78,79)83-58-64(71)57-82-88(76,77)84-61-65(59-80-67(72)53-48-42-15-12-8-3)86-69(74)55-50-45-40-36-30-21-19-17-14-11-7-2/h63-66,71H,6-62H2,1-5H3,(H,76,77)(H,78,79)/t63?,64-,65+,66+/m0/s1. The van der Waals surface area contributed by atoms with Gasteiger partial charge in [0, 0.05) is 25.7 Å². The molecule has 0 spiro atoms. The van der Waals surface area contributed by atoms with E-state index in [1.165, 1.54) is 180 Å². The molecule has 0 saturated heterocycles. The van der Waals surface area contributed by atoms with Crippen molar-refractivity contribution in [2.45, 2.75) is 380 Å². The van der Waals surface area contributed by atoms with Gasteiger partial charge in [0.1, 0.15) is 19.3 Å². The molecule has 19 heteroatoms. The molecule has 0 saturated carbocycles. The maximum absolute atomic E-state index is 13.0. The Hall–Kier alpha value is -1.94. The van der Waals surface area contributed by atoms with Crippen LogP contribution in [0.4, 0.5) is 0 Å². The molecule has 0 aromatic rings. The van der Waals surface area contributed by atoms with Crippen molar-refractivity contribution >= 4 is 39.5 Å². The number of esters is 4. The molecule has 17 nitrogen and oxygen atoms in total. The number of carbonyl (C=O) groups is 4. The van der Waals surface area contributed by atoms with Gasteiger partial charge in [0.15, 0.2) is 12.2 Å². The smallest absolute Gasteiger partial charge is 0.462 e. The van der Waals surface area contributed by atoms with Crippen LogP contribution < -0.4 is 0 Å². The van der Waals surface area contributed by atoms with Crippen LogP contribution in [0.3, 0.4) is 0 Å². The highest BCUT2D eigenvalue weighted by Gasteiger charge is 2.30. The largest absolute Gasteiger partial charge is 0.472 e. The van der Waals surface area contributed by atoms with Crippen LogP contribution in [0.15, 0.2) is 0 Å². The van der Waals surface area contributed by atoms with E-state index in [4.69, 9.17) is 37.0 Å².